The number of rotatable bonds is 5. The summed E-state index contributed by atoms with van der Waals surface area (Å²) < 4.78 is 11.0. The summed E-state index contributed by atoms with van der Waals surface area (Å²) >= 11 is 0. The molecule has 2 aromatic heterocycles. The van der Waals surface area contributed by atoms with Gasteiger partial charge in [-0.05, 0) is 30.3 Å². The summed E-state index contributed by atoms with van der Waals surface area (Å²) in [6.45, 7) is 0.412. The van der Waals surface area contributed by atoms with Crippen LogP contribution in [0.4, 0.5) is 0 Å². The maximum atomic E-state index is 12.4. The van der Waals surface area contributed by atoms with Crippen molar-refractivity contribution in [3.63, 3.8) is 0 Å². The fourth-order valence-corrected chi connectivity index (χ4v) is 2.09. The number of ether oxygens (including phenoxy) is 1. The fraction of sp³-hybridized carbons (Fsp3) is 0.111. The van der Waals surface area contributed by atoms with Crippen molar-refractivity contribution in [1.82, 2.24) is 9.88 Å². The second-order valence-corrected chi connectivity index (χ2v) is 5.02. The Labute approximate surface area is 134 Å². The van der Waals surface area contributed by atoms with Gasteiger partial charge in [0.15, 0.2) is 5.76 Å². The third-order valence-electron chi connectivity index (χ3n) is 3.23. The topological polar surface area (TPSA) is 55.6 Å². The lowest BCUT2D eigenvalue weighted by atomic mass is 10.3. The molecule has 1 aromatic carbocycles. The van der Waals surface area contributed by atoms with Crippen LogP contribution >= 0.6 is 0 Å². The molecule has 0 aliphatic heterocycles. The van der Waals surface area contributed by atoms with E-state index in [1.54, 1.807) is 30.3 Å². The Balaban J connectivity index is 1.66. The number of aromatic nitrogens is 1. The Bertz CT molecular complexity index is 769. The van der Waals surface area contributed by atoms with Crippen LogP contribution in [0.5, 0.6) is 11.7 Å². The summed E-state index contributed by atoms with van der Waals surface area (Å²) in [6, 6.07) is 18.1. The van der Waals surface area contributed by atoms with Gasteiger partial charge in [-0.25, -0.2) is 0 Å². The van der Waals surface area contributed by atoms with Gasteiger partial charge >= 0.3 is 0 Å². The van der Waals surface area contributed by atoms with Gasteiger partial charge in [0.2, 0.25) is 0 Å². The minimum atomic E-state index is -0.224. The summed E-state index contributed by atoms with van der Waals surface area (Å²) in [6.07, 6.45) is 1.70. The van der Waals surface area contributed by atoms with E-state index in [0.29, 0.717) is 12.3 Å². The maximum Gasteiger partial charge on any atom is 0.290 e. The van der Waals surface area contributed by atoms with Crippen molar-refractivity contribution in [2.45, 2.75) is 6.54 Å². The minimum absolute atomic E-state index is 0.224. The van der Waals surface area contributed by atoms with Crippen molar-refractivity contribution >= 4 is 5.91 Å². The van der Waals surface area contributed by atoms with Crippen LogP contribution in [0.25, 0.3) is 0 Å². The molecule has 1 amide bonds. The molecule has 0 atom stereocenters. The molecule has 0 N–H and O–H groups in total. The van der Waals surface area contributed by atoms with Gasteiger partial charge in [-0.2, -0.15) is 0 Å². The Morgan fingerprint density at radius 3 is 2.61 bits per heavy atom. The van der Waals surface area contributed by atoms with Gasteiger partial charge in [-0.3, -0.25) is 9.78 Å². The van der Waals surface area contributed by atoms with E-state index in [1.165, 1.54) is 0 Å². The van der Waals surface area contributed by atoms with E-state index >= 15 is 0 Å². The van der Waals surface area contributed by atoms with E-state index in [-0.39, 0.29) is 17.6 Å². The molecule has 0 fully saturated rings. The van der Waals surface area contributed by atoms with Crippen LogP contribution in [0.2, 0.25) is 0 Å². The number of para-hydroxylation sites is 1. The first-order valence-electron chi connectivity index (χ1n) is 7.20. The summed E-state index contributed by atoms with van der Waals surface area (Å²) in [5, 5.41) is 0. The van der Waals surface area contributed by atoms with Gasteiger partial charge in [0.25, 0.3) is 11.9 Å². The van der Waals surface area contributed by atoms with Gasteiger partial charge in [0.05, 0.1) is 12.2 Å². The zero-order chi connectivity index (χ0) is 16.1. The van der Waals surface area contributed by atoms with Gasteiger partial charge in [0, 0.05) is 19.3 Å². The van der Waals surface area contributed by atoms with Crippen LogP contribution in [0.1, 0.15) is 16.2 Å². The molecule has 0 unspecified atom stereocenters. The number of hydrogen-bond acceptors (Lipinski definition) is 4. The van der Waals surface area contributed by atoms with Crippen molar-refractivity contribution < 1.29 is 13.9 Å². The van der Waals surface area contributed by atoms with Crippen LogP contribution in [0.15, 0.2) is 71.3 Å². The van der Waals surface area contributed by atoms with Gasteiger partial charge in [-0.15, -0.1) is 0 Å². The SMILES string of the molecule is CN(Cc1ccccn1)C(=O)c1ccc(Oc2ccccc2)o1. The standard InChI is InChI=1S/C18H16N2O3/c1-20(13-14-7-5-6-12-19-14)18(21)16-10-11-17(23-16)22-15-8-3-2-4-9-15/h2-12H,13H2,1H3. The molecular weight excluding hydrogens is 292 g/mol. The molecule has 3 rings (SSSR count). The van der Waals surface area contributed by atoms with E-state index < -0.39 is 0 Å². The zero-order valence-corrected chi connectivity index (χ0v) is 12.7. The second-order valence-electron chi connectivity index (χ2n) is 5.02. The van der Waals surface area contributed by atoms with Gasteiger partial charge in [0.1, 0.15) is 5.75 Å². The summed E-state index contributed by atoms with van der Waals surface area (Å²) in [4.78, 5) is 18.1. The molecule has 116 valence electrons. The smallest absolute Gasteiger partial charge is 0.290 e. The van der Waals surface area contributed by atoms with Crippen LogP contribution in [0, 0.1) is 0 Å². The van der Waals surface area contributed by atoms with Crippen molar-refractivity contribution in [3.05, 3.63) is 78.3 Å². The van der Waals surface area contributed by atoms with Crippen LogP contribution < -0.4 is 4.74 Å². The first kappa shape index (κ1) is 14.8. The van der Waals surface area contributed by atoms with E-state index in [2.05, 4.69) is 4.98 Å². The molecule has 2 heterocycles. The molecule has 23 heavy (non-hydrogen) atoms. The third-order valence-corrected chi connectivity index (χ3v) is 3.23. The summed E-state index contributed by atoms with van der Waals surface area (Å²) in [5.74, 6) is 0.946. The van der Waals surface area contributed by atoms with Gasteiger partial charge in [-0.1, -0.05) is 24.3 Å². The van der Waals surface area contributed by atoms with E-state index in [4.69, 9.17) is 9.15 Å². The first-order chi connectivity index (χ1) is 11.2. The quantitative estimate of drug-likeness (QED) is 0.720. The average Bonchev–Trinajstić information content (AvgIpc) is 3.04. The highest BCUT2D eigenvalue weighted by molar-refractivity contribution is 5.91. The number of amides is 1. The number of furan rings is 1. The zero-order valence-electron chi connectivity index (χ0n) is 12.7. The lowest BCUT2D eigenvalue weighted by molar-refractivity contribution is 0.0746. The minimum Gasteiger partial charge on any atom is -0.426 e. The Morgan fingerprint density at radius 1 is 1.09 bits per heavy atom. The summed E-state index contributed by atoms with van der Waals surface area (Å²) in [5.41, 5.74) is 0.815. The lowest BCUT2D eigenvalue weighted by Crippen LogP contribution is -2.26. The number of carbonyl (C=O) groups excluding carboxylic acids is 1. The van der Waals surface area contributed by atoms with Crippen LogP contribution in [0.3, 0.4) is 0 Å². The maximum absolute atomic E-state index is 12.4. The molecule has 0 radical (unpaired) electrons. The molecule has 0 aliphatic rings. The van der Waals surface area contributed by atoms with Crippen LogP contribution in [-0.2, 0) is 6.54 Å². The normalized spacial score (nSPS) is 10.3. The van der Waals surface area contributed by atoms with E-state index in [0.717, 1.165) is 5.69 Å². The molecule has 0 bridgehead atoms. The monoisotopic (exact) mass is 308 g/mol. The van der Waals surface area contributed by atoms with Crippen molar-refractivity contribution in [3.8, 4) is 11.7 Å². The molecule has 3 aromatic rings. The Morgan fingerprint density at radius 2 is 1.87 bits per heavy atom. The average molecular weight is 308 g/mol. The lowest BCUT2D eigenvalue weighted by Gasteiger charge is -2.14. The molecule has 0 aliphatic carbocycles. The number of hydrogen-bond donors (Lipinski definition) is 0. The number of benzene rings is 1. The van der Waals surface area contributed by atoms with Gasteiger partial charge < -0.3 is 14.1 Å². The van der Waals surface area contributed by atoms with E-state index in [9.17, 15) is 4.79 Å². The Kier molecular flexibility index (Phi) is 4.38. The largest absolute Gasteiger partial charge is 0.426 e. The highest BCUT2D eigenvalue weighted by atomic mass is 16.6. The molecule has 0 saturated carbocycles. The highest BCUT2D eigenvalue weighted by Crippen LogP contribution is 2.24. The molecule has 0 saturated heterocycles. The van der Waals surface area contributed by atoms with Crippen molar-refractivity contribution in [2.75, 3.05) is 7.05 Å². The number of pyridine rings is 1. The predicted octanol–water partition coefficient (Wildman–Crippen LogP) is 3.74. The van der Waals surface area contributed by atoms with Crippen molar-refractivity contribution in [2.24, 2.45) is 0 Å². The number of carbonyl (C=O) groups is 1. The fourth-order valence-electron chi connectivity index (χ4n) is 2.09. The van der Waals surface area contributed by atoms with Crippen molar-refractivity contribution in [1.29, 1.82) is 0 Å². The van der Waals surface area contributed by atoms with Crippen LogP contribution in [-0.4, -0.2) is 22.8 Å². The highest BCUT2D eigenvalue weighted by Gasteiger charge is 2.17. The molecular formula is C18H16N2O3. The first-order valence-corrected chi connectivity index (χ1v) is 7.20. The predicted molar refractivity (Wildman–Crippen MR) is 85.3 cm³/mol. The third kappa shape index (κ3) is 3.77. The van der Waals surface area contributed by atoms with E-state index in [1.807, 2.05) is 48.5 Å². The molecule has 0 spiro atoms. The second kappa shape index (κ2) is 6.79. The Hall–Kier alpha value is -3.08. The molecule has 5 heteroatoms. The number of nitrogens with zero attached hydrogens (tertiary/aromatic N) is 2. The summed E-state index contributed by atoms with van der Waals surface area (Å²) in [7, 11) is 1.71. The molecule has 5 nitrogen and oxygen atoms in total.